The van der Waals surface area contributed by atoms with Gasteiger partial charge in [0.25, 0.3) is 0 Å². The maximum Gasteiger partial charge on any atom is 0.234 e. The van der Waals surface area contributed by atoms with Crippen molar-refractivity contribution >= 4 is 34.7 Å². The highest BCUT2D eigenvalue weighted by atomic mass is 32.2. The van der Waals surface area contributed by atoms with Gasteiger partial charge in [-0.05, 0) is 17.5 Å². The smallest absolute Gasteiger partial charge is 0.234 e. The molecule has 3 nitrogen and oxygen atoms in total. The van der Waals surface area contributed by atoms with Gasteiger partial charge in [0.2, 0.25) is 5.91 Å². The van der Waals surface area contributed by atoms with Gasteiger partial charge in [0.05, 0.1) is 12.4 Å². The lowest BCUT2D eigenvalue weighted by molar-refractivity contribution is -0.113. The number of nitrogens with one attached hydrogen (secondary N) is 1. The second-order valence-corrected chi connectivity index (χ2v) is 5.95. The Labute approximate surface area is 120 Å². The van der Waals surface area contributed by atoms with Gasteiger partial charge in [0.15, 0.2) is 0 Å². The highest BCUT2D eigenvalue weighted by Crippen LogP contribution is 2.18. The molecular formula is C14H15NO2S2. The summed E-state index contributed by atoms with van der Waals surface area (Å²) in [5.74, 6) is 1.23. The zero-order chi connectivity index (χ0) is 13.5. The van der Waals surface area contributed by atoms with Gasteiger partial charge in [0.1, 0.15) is 0 Å². The number of carbonyl (C=O) groups is 1. The third kappa shape index (κ3) is 4.38. The van der Waals surface area contributed by atoms with E-state index in [9.17, 15) is 9.90 Å². The molecule has 0 fully saturated rings. The zero-order valence-electron chi connectivity index (χ0n) is 10.3. The number of para-hydroxylation sites is 1. The molecule has 1 amide bonds. The predicted molar refractivity (Wildman–Crippen MR) is 81.5 cm³/mol. The lowest BCUT2D eigenvalue weighted by Crippen LogP contribution is -2.15. The van der Waals surface area contributed by atoms with E-state index in [4.69, 9.17) is 0 Å². The number of hydrogen-bond donors (Lipinski definition) is 2. The van der Waals surface area contributed by atoms with Crippen molar-refractivity contribution in [3.8, 4) is 0 Å². The molecule has 0 atom stereocenters. The quantitative estimate of drug-likeness (QED) is 0.860. The van der Waals surface area contributed by atoms with Crippen molar-refractivity contribution in [2.45, 2.75) is 12.4 Å². The maximum absolute atomic E-state index is 11.8. The first-order chi connectivity index (χ1) is 9.29. The Hall–Kier alpha value is -1.30. The Balaban J connectivity index is 1.80. The van der Waals surface area contributed by atoms with Gasteiger partial charge in [-0.15, -0.1) is 23.1 Å². The van der Waals surface area contributed by atoms with Crippen molar-refractivity contribution < 1.29 is 9.90 Å². The summed E-state index contributed by atoms with van der Waals surface area (Å²) in [5.41, 5.74) is 1.42. The first-order valence-corrected chi connectivity index (χ1v) is 7.92. The molecular weight excluding hydrogens is 278 g/mol. The normalized spacial score (nSPS) is 10.4. The molecule has 1 aromatic heterocycles. The maximum atomic E-state index is 11.8. The van der Waals surface area contributed by atoms with Gasteiger partial charge in [0, 0.05) is 21.9 Å². The Bertz CT molecular complexity index is 526. The minimum atomic E-state index is -0.0706. The van der Waals surface area contributed by atoms with Crippen LogP contribution < -0.4 is 5.32 Å². The number of thioether (sulfide) groups is 1. The van der Waals surface area contributed by atoms with Crippen LogP contribution in [-0.2, 0) is 17.2 Å². The number of thiophene rings is 1. The SMILES string of the molecule is O=C(CSCc1cccs1)Nc1ccccc1CO. The van der Waals surface area contributed by atoms with E-state index in [0.29, 0.717) is 11.4 Å². The average molecular weight is 293 g/mol. The van der Waals surface area contributed by atoms with E-state index in [0.717, 1.165) is 11.3 Å². The number of rotatable bonds is 6. The van der Waals surface area contributed by atoms with E-state index in [-0.39, 0.29) is 12.5 Å². The minimum absolute atomic E-state index is 0.0394. The summed E-state index contributed by atoms with van der Waals surface area (Å²) in [6.07, 6.45) is 0. The second-order valence-electron chi connectivity index (χ2n) is 3.94. The molecule has 100 valence electrons. The molecule has 0 aliphatic carbocycles. The van der Waals surface area contributed by atoms with Crippen molar-refractivity contribution in [2.24, 2.45) is 0 Å². The molecule has 0 aliphatic rings. The average Bonchev–Trinajstić information content (AvgIpc) is 2.92. The number of carbonyl (C=O) groups excluding carboxylic acids is 1. The van der Waals surface area contributed by atoms with Gasteiger partial charge in [-0.1, -0.05) is 24.3 Å². The minimum Gasteiger partial charge on any atom is -0.392 e. The summed E-state index contributed by atoms with van der Waals surface area (Å²) in [7, 11) is 0. The van der Waals surface area contributed by atoms with Gasteiger partial charge in [-0.25, -0.2) is 0 Å². The topological polar surface area (TPSA) is 49.3 Å². The number of aliphatic hydroxyl groups excluding tert-OH is 1. The molecule has 0 saturated carbocycles. The number of aliphatic hydroxyl groups is 1. The van der Waals surface area contributed by atoms with Crippen LogP contribution in [0.4, 0.5) is 5.69 Å². The van der Waals surface area contributed by atoms with Gasteiger partial charge < -0.3 is 10.4 Å². The fourth-order valence-corrected chi connectivity index (χ4v) is 3.27. The predicted octanol–water partition coefficient (Wildman–Crippen LogP) is 3.11. The third-order valence-corrected chi connectivity index (χ3v) is 4.56. The molecule has 0 bridgehead atoms. The summed E-state index contributed by atoms with van der Waals surface area (Å²) >= 11 is 3.29. The molecule has 5 heteroatoms. The highest BCUT2D eigenvalue weighted by molar-refractivity contribution is 7.99. The van der Waals surface area contributed by atoms with Crippen molar-refractivity contribution in [2.75, 3.05) is 11.1 Å². The highest BCUT2D eigenvalue weighted by Gasteiger charge is 2.06. The Morgan fingerprint density at radius 2 is 2.11 bits per heavy atom. The molecule has 2 aromatic rings. The van der Waals surface area contributed by atoms with Gasteiger partial charge in [-0.2, -0.15) is 0 Å². The fourth-order valence-electron chi connectivity index (χ4n) is 1.61. The van der Waals surface area contributed by atoms with Crippen LogP contribution in [0, 0.1) is 0 Å². The van der Waals surface area contributed by atoms with E-state index in [1.165, 1.54) is 4.88 Å². The molecule has 1 aromatic carbocycles. The molecule has 1 heterocycles. The summed E-state index contributed by atoms with van der Waals surface area (Å²) in [4.78, 5) is 13.1. The lowest BCUT2D eigenvalue weighted by Gasteiger charge is -2.08. The molecule has 0 spiro atoms. The van der Waals surface area contributed by atoms with Crippen molar-refractivity contribution in [1.29, 1.82) is 0 Å². The summed E-state index contributed by atoms with van der Waals surface area (Å²) in [5, 5.41) is 14.0. The lowest BCUT2D eigenvalue weighted by atomic mass is 10.2. The van der Waals surface area contributed by atoms with E-state index in [1.54, 1.807) is 35.2 Å². The third-order valence-electron chi connectivity index (χ3n) is 2.52. The molecule has 0 radical (unpaired) electrons. The van der Waals surface area contributed by atoms with E-state index >= 15 is 0 Å². The first-order valence-electron chi connectivity index (χ1n) is 5.88. The van der Waals surface area contributed by atoms with Crippen LogP contribution in [0.1, 0.15) is 10.4 Å². The number of anilines is 1. The van der Waals surface area contributed by atoms with Crippen LogP contribution in [-0.4, -0.2) is 16.8 Å². The molecule has 2 N–H and O–H groups in total. The monoisotopic (exact) mass is 293 g/mol. The Kier molecular flexibility index (Phi) is 5.44. The van der Waals surface area contributed by atoms with Crippen LogP contribution in [0.25, 0.3) is 0 Å². The molecule has 0 unspecified atom stereocenters. The Morgan fingerprint density at radius 1 is 1.26 bits per heavy atom. The first kappa shape index (κ1) is 14.1. The van der Waals surface area contributed by atoms with Crippen molar-refractivity contribution in [3.05, 3.63) is 52.2 Å². The molecule has 19 heavy (non-hydrogen) atoms. The van der Waals surface area contributed by atoms with Gasteiger partial charge in [-0.3, -0.25) is 4.79 Å². The van der Waals surface area contributed by atoms with Crippen LogP contribution in [0.2, 0.25) is 0 Å². The van der Waals surface area contributed by atoms with E-state index < -0.39 is 0 Å². The van der Waals surface area contributed by atoms with Crippen LogP contribution in [0.3, 0.4) is 0 Å². The van der Waals surface area contributed by atoms with E-state index in [2.05, 4.69) is 11.4 Å². The zero-order valence-corrected chi connectivity index (χ0v) is 12.0. The standard InChI is InChI=1S/C14H15NO2S2/c16-8-11-4-1-2-6-13(11)15-14(17)10-18-9-12-5-3-7-19-12/h1-7,16H,8-10H2,(H,15,17). The number of hydrogen-bond acceptors (Lipinski definition) is 4. The van der Waals surface area contributed by atoms with Gasteiger partial charge >= 0.3 is 0 Å². The summed E-state index contributed by atoms with van der Waals surface area (Å²) < 4.78 is 0. The fraction of sp³-hybridized carbons (Fsp3) is 0.214. The van der Waals surface area contributed by atoms with Crippen molar-refractivity contribution in [3.63, 3.8) is 0 Å². The van der Waals surface area contributed by atoms with Crippen LogP contribution >= 0.6 is 23.1 Å². The van der Waals surface area contributed by atoms with E-state index in [1.807, 2.05) is 23.6 Å². The second kappa shape index (κ2) is 7.33. The van der Waals surface area contributed by atoms with Crippen molar-refractivity contribution in [1.82, 2.24) is 0 Å². The number of benzene rings is 1. The molecule has 0 aliphatic heterocycles. The summed E-state index contributed by atoms with van der Waals surface area (Å²) in [6, 6.07) is 11.4. The Morgan fingerprint density at radius 3 is 2.84 bits per heavy atom. The van der Waals surface area contributed by atoms with Crippen LogP contribution in [0.15, 0.2) is 41.8 Å². The largest absolute Gasteiger partial charge is 0.392 e. The molecule has 2 rings (SSSR count). The summed E-state index contributed by atoms with van der Waals surface area (Å²) in [6.45, 7) is -0.0706. The number of amides is 1. The van der Waals surface area contributed by atoms with Crippen LogP contribution in [0.5, 0.6) is 0 Å². The molecule has 0 saturated heterocycles.